The SMILES string of the molecule is NCCCCC(NC(=O)C1CCCN1C(=O)C(Cc1ccccc1)NC(=O)C(N)CCCN=C(N)N)C(=O)O. The van der Waals surface area contributed by atoms with E-state index in [9.17, 15) is 24.3 Å². The second-order valence-corrected chi connectivity index (χ2v) is 9.68. The first-order valence-electron chi connectivity index (χ1n) is 13.3. The molecule has 0 aliphatic carbocycles. The predicted octanol–water partition coefficient (Wildman–Crippen LogP) is -1.22. The Kier molecular flexibility index (Phi) is 13.2. The lowest BCUT2D eigenvalue weighted by Crippen LogP contribution is -2.57. The number of rotatable bonds is 16. The monoisotopic (exact) mass is 546 g/mol. The van der Waals surface area contributed by atoms with Gasteiger partial charge in [0.25, 0.3) is 0 Å². The fourth-order valence-corrected chi connectivity index (χ4v) is 4.50. The van der Waals surface area contributed by atoms with Gasteiger partial charge in [0.15, 0.2) is 5.96 Å². The third-order valence-corrected chi connectivity index (χ3v) is 6.60. The van der Waals surface area contributed by atoms with Gasteiger partial charge >= 0.3 is 5.97 Å². The Labute approximate surface area is 228 Å². The number of unbranched alkanes of at least 4 members (excludes halogenated alkanes) is 1. The number of benzene rings is 1. The highest BCUT2D eigenvalue weighted by atomic mass is 16.4. The molecule has 2 rings (SSSR count). The molecule has 11 N–H and O–H groups in total. The summed E-state index contributed by atoms with van der Waals surface area (Å²) in [6.07, 6.45) is 3.40. The topological polar surface area (TPSA) is 232 Å². The van der Waals surface area contributed by atoms with E-state index in [2.05, 4.69) is 15.6 Å². The number of aliphatic imine (C=N–C) groups is 1. The second-order valence-electron chi connectivity index (χ2n) is 9.68. The maximum Gasteiger partial charge on any atom is 0.326 e. The Bertz CT molecular complexity index is 986. The van der Waals surface area contributed by atoms with Gasteiger partial charge in [-0.25, -0.2) is 4.79 Å². The number of nitrogens with one attached hydrogen (secondary N) is 2. The molecule has 3 amide bonds. The van der Waals surface area contributed by atoms with Gasteiger partial charge in [-0.15, -0.1) is 0 Å². The number of carbonyl (C=O) groups excluding carboxylic acids is 3. The molecule has 0 saturated carbocycles. The molecule has 1 aromatic rings. The number of guanidine groups is 1. The van der Waals surface area contributed by atoms with Crippen LogP contribution in [0.1, 0.15) is 50.5 Å². The molecule has 0 aromatic heterocycles. The van der Waals surface area contributed by atoms with Crippen molar-refractivity contribution in [3.8, 4) is 0 Å². The van der Waals surface area contributed by atoms with Crippen LogP contribution in [0.2, 0.25) is 0 Å². The molecular formula is C26H42N8O5. The van der Waals surface area contributed by atoms with Gasteiger partial charge in [0, 0.05) is 19.5 Å². The van der Waals surface area contributed by atoms with Gasteiger partial charge in [-0.3, -0.25) is 19.4 Å². The van der Waals surface area contributed by atoms with Crippen LogP contribution in [0.15, 0.2) is 35.3 Å². The Morgan fingerprint density at radius 1 is 1.03 bits per heavy atom. The van der Waals surface area contributed by atoms with E-state index in [1.165, 1.54) is 4.90 Å². The Balaban J connectivity index is 2.13. The number of nitrogens with zero attached hydrogens (tertiary/aromatic N) is 2. The summed E-state index contributed by atoms with van der Waals surface area (Å²) in [5.74, 6) is -2.63. The minimum absolute atomic E-state index is 0.0454. The summed E-state index contributed by atoms with van der Waals surface area (Å²) in [5, 5.41) is 14.9. The third-order valence-electron chi connectivity index (χ3n) is 6.60. The highest BCUT2D eigenvalue weighted by Gasteiger charge is 2.39. The van der Waals surface area contributed by atoms with Crippen molar-refractivity contribution in [1.82, 2.24) is 15.5 Å². The molecule has 4 unspecified atom stereocenters. The van der Waals surface area contributed by atoms with Crippen LogP contribution < -0.4 is 33.6 Å². The Morgan fingerprint density at radius 2 is 1.74 bits per heavy atom. The lowest BCUT2D eigenvalue weighted by molar-refractivity contribution is -0.145. The molecule has 1 aromatic carbocycles. The minimum Gasteiger partial charge on any atom is -0.480 e. The third kappa shape index (κ3) is 10.5. The van der Waals surface area contributed by atoms with Crippen molar-refractivity contribution in [2.45, 2.75) is 75.5 Å². The number of hydrogen-bond donors (Lipinski definition) is 7. The molecular weight excluding hydrogens is 504 g/mol. The summed E-state index contributed by atoms with van der Waals surface area (Å²) in [4.78, 5) is 56.7. The summed E-state index contributed by atoms with van der Waals surface area (Å²) in [5.41, 5.74) is 23.0. The zero-order valence-electron chi connectivity index (χ0n) is 22.3. The first kappa shape index (κ1) is 31.5. The van der Waals surface area contributed by atoms with E-state index in [-0.39, 0.29) is 18.8 Å². The molecule has 1 aliphatic rings. The number of hydrogen-bond acceptors (Lipinski definition) is 7. The number of carbonyl (C=O) groups is 4. The molecule has 1 fully saturated rings. The van der Waals surface area contributed by atoms with Crippen molar-refractivity contribution in [3.63, 3.8) is 0 Å². The average Bonchev–Trinajstić information content (AvgIpc) is 3.40. The summed E-state index contributed by atoms with van der Waals surface area (Å²) < 4.78 is 0. The van der Waals surface area contributed by atoms with Crippen LogP contribution in [0.5, 0.6) is 0 Å². The zero-order valence-corrected chi connectivity index (χ0v) is 22.3. The first-order chi connectivity index (χ1) is 18.6. The normalized spacial score (nSPS) is 17.1. The molecule has 0 spiro atoms. The van der Waals surface area contributed by atoms with Gasteiger partial charge in [-0.2, -0.15) is 0 Å². The minimum atomic E-state index is -1.14. The van der Waals surface area contributed by atoms with Gasteiger partial charge in [-0.1, -0.05) is 30.3 Å². The van der Waals surface area contributed by atoms with Crippen LogP contribution in [0.3, 0.4) is 0 Å². The van der Waals surface area contributed by atoms with E-state index >= 15 is 0 Å². The van der Waals surface area contributed by atoms with Crippen LogP contribution in [0.25, 0.3) is 0 Å². The van der Waals surface area contributed by atoms with Gasteiger partial charge < -0.3 is 43.6 Å². The smallest absolute Gasteiger partial charge is 0.326 e. The van der Waals surface area contributed by atoms with E-state index in [1.54, 1.807) is 0 Å². The van der Waals surface area contributed by atoms with Crippen molar-refractivity contribution in [1.29, 1.82) is 0 Å². The fraction of sp³-hybridized carbons (Fsp3) is 0.577. The van der Waals surface area contributed by atoms with Crippen molar-refractivity contribution in [2.75, 3.05) is 19.6 Å². The maximum atomic E-state index is 13.7. The number of likely N-dealkylation sites (tertiary alicyclic amines) is 1. The van der Waals surface area contributed by atoms with Gasteiger partial charge in [-0.05, 0) is 57.1 Å². The maximum absolute atomic E-state index is 13.7. The van der Waals surface area contributed by atoms with Crippen molar-refractivity contribution in [3.05, 3.63) is 35.9 Å². The standard InChI is InChI=1S/C26H42N8O5/c27-13-5-4-11-19(25(38)39)32-23(36)21-12-7-15-34(21)24(37)20(16-17-8-2-1-3-9-17)33-22(35)18(28)10-6-14-31-26(29)30/h1-3,8-9,18-21H,4-7,10-16,27-28H2,(H,32,36)(H,33,35)(H,38,39)(H4,29,30,31). The summed E-state index contributed by atoms with van der Waals surface area (Å²) in [7, 11) is 0. The van der Waals surface area contributed by atoms with E-state index in [1.807, 2.05) is 30.3 Å². The summed E-state index contributed by atoms with van der Waals surface area (Å²) >= 11 is 0. The molecule has 13 nitrogen and oxygen atoms in total. The van der Waals surface area contributed by atoms with Crippen molar-refractivity contribution >= 4 is 29.7 Å². The lowest BCUT2D eigenvalue weighted by Gasteiger charge is -2.30. The van der Waals surface area contributed by atoms with Crippen LogP contribution in [-0.4, -0.2) is 83.5 Å². The highest BCUT2D eigenvalue weighted by molar-refractivity contribution is 5.94. The molecule has 1 aliphatic heterocycles. The molecule has 4 atom stereocenters. The largest absolute Gasteiger partial charge is 0.480 e. The molecule has 1 saturated heterocycles. The predicted molar refractivity (Wildman–Crippen MR) is 147 cm³/mol. The van der Waals surface area contributed by atoms with Gasteiger partial charge in [0.2, 0.25) is 17.7 Å². The zero-order chi connectivity index (χ0) is 28.8. The molecule has 0 bridgehead atoms. The molecule has 39 heavy (non-hydrogen) atoms. The van der Waals surface area contributed by atoms with Crippen LogP contribution in [-0.2, 0) is 25.6 Å². The van der Waals surface area contributed by atoms with E-state index in [4.69, 9.17) is 22.9 Å². The van der Waals surface area contributed by atoms with Crippen molar-refractivity contribution < 1.29 is 24.3 Å². The quantitative estimate of drug-likeness (QED) is 0.0747. The number of carboxylic acids is 1. The lowest BCUT2D eigenvalue weighted by atomic mass is 10.0. The van der Waals surface area contributed by atoms with Crippen LogP contribution in [0.4, 0.5) is 0 Å². The highest BCUT2D eigenvalue weighted by Crippen LogP contribution is 2.20. The molecule has 216 valence electrons. The van der Waals surface area contributed by atoms with Crippen molar-refractivity contribution in [2.24, 2.45) is 27.9 Å². The van der Waals surface area contributed by atoms with E-state index in [0.29, 0.717) is 58.2 Å². The number of aliphatic carboxylic acids is 1. The average molecular weight is 547 g/mol. The fourth-order valence-electron chi connectivity index (χ4n) is 4.50. The molecule has 0 radical (unpaired) electrons. The second kappa shape index (κ2) is 16.3. The van der Waals surface area contributed by atoms with Crippen LogP contribution >= 0.6 is 0 Å². The number of carboxylic acid groups (broad SMARTS) is 1. The van der Waals surface area contributed by atoms with Gasteiger partial charge in [0.1, 0.15) is 18.1 Å². The van der Waals surface area contributed by atoms with Crippen LogP contribution in [0, 0.1) is 0 Å². The van der Waals surface area contributed by atoms with E-state index < -0.39 is 47.9 Å². The molecule has 1 heterocycles. The van der Waals surface area contributed by atoms with Gasteiger partial charge in [0.05, 0.1) is 6.04 Å². The number of amides is 3. The number of nitrogens with two attached hydrogens (primary N) is 4. The molecule has 13 heteroatoms. The first-order valence-corrected chi connectivity index (χ1v) is 13.3. The Morgan fingerprint density at radius 3 is 2.38 bits per heavy atom. The Hall–Kier alpha value is -3.71. The summed E-state index contributed by atoms with van der Waals surface area (Å²) in [6, 6.07) is 5.44. The summed E-state index contributed by atoms with van der Waals surface area (Å²) in [6.45, 7) is 1.07. The van der Waals surface area contributed by atoms with E-state index in [0.717, 1.165) is 5.56 Å².